The number of benzene rings is 2. The van der Waals surface area contributed by atoms with E-state index >= 15 is 0 Å². The number of nitrogens with one attached hydrogen (secondary N) is 1. The van der Waals surface area contributed by atoms with E-state index in [9.17, 15) is 19.3 Å². The Labute approximate surface area is 138 Å². The van der Waals surface area contributed by atoms with Gasteiger partial charge in [-0.15, -0.1) is 0 Å². The second kappa shape index (κ2) is 7.54. The quantitative estimate of drug-likeness (QED) is 0.649. The maximum absolute atomic E-state index is 12.9. The van der Waals surface area contributed by atoms with Gasteiger partial charge in [0, 0.05) is 6.07 Å². The van der Waals surface area contributed by atoms with E-state index in [4.69, 9.17) is 4.74 Å². The van der Waals surface area contributed by atoms with Crippen LogP contribution in [0.4, 0.5) is 10.1 Å². The van der Waals surface area contributed by atoms with Gasteiger partial charge in [0.15, 0.2) is 11.9 Å². The van der Waals surface area contributed by atoms with Gasteiger partial charge < -0.3 is 10.1 Å². The second-order valence-corrected chi connectivity index (χ2v) is 5.27. The number of ether oxygens (including phenoxy) is 1. The van der Waals surface area contributed by atoms with Gasteiger partial charge in [-0.3, -0.25) is 14.9 Å². The third kappa shape index (κ3) is 4.28. The number of halogens is 1. The number of nitro benzene ring substituents is 1. The molecule has 24 heavy (non-hydrogen) atoms. The first-order valence-electron chi connectivity index (χ1n) is 7.34. The molecule has 1 amide bonds. The van der Waals surface area contributed by atoms with Gasteiger partial charge >= 0.3 is 5.69 Å². The number of rotatable bonds is 6. The van der Waals surface area contributed by atoms with Crippen molar-refractivity contribution >= 4 is 11.6 Å². The molecule has 0 saturated heterocycles. The molecule has 2 aromatic rings. The van der Waals surface area contributed by atoms with E-state index in [-0.39, 0.29) is 23.3 Å². The Morgan fingerprint density at radius 3 is 2.42 bits per heavy atom. The van der Waals surface area contributed by atoms with Crippen LogP contribution in [0.2, 0.25) is 0 Å². The van der Waals surface area contributed by atoms with Crippen LogP contribution in [-0.2, 0) is 4.79 Å². The first-order chi connectivity index (χ1) is 11.4. The molecule has 2 atom stereocenters. The average molecular weight is 332 g/mol. The lowest BCUT2D eigenvalue weighted by atomic mass is 10.1. The Kier molecular flexibility index (Phi) is 5.47. The molecule has 2 aromatic carbocycles. The minimum Gasteiger partial charge on any atom is -0.474 e. The molecule has 7 heteroatoms. The molecular weight excluding hydrogens is 315 g/mol. The smallest absolute Gasteiger partial charge is 0.310 e. The van der Waals surface area contributed by atoms with Crippen LogP contribution in [0.3, 0.4) is 0 Å². The van der Waals surface area contributed by atoms with E-state index < -0.39 is 16.9 Å². The molecule has 0 unspecified atom stereocenters. The summed E-state index contributed by atoms with van der Waals surface area (Å²) >= 11 is 0. The molecule has 0 aromatic heterocycles. The summed E-state index contributed by atoms with van der Waals surface area (Å²) in [5.74, 6) is -0.755. The lowest BCUT2D eigenvalue weighted by molar-refractivity contribution is -0.386. The zero-order valence-corrected chi connectivity index (χ0v) is 13.2. The third-order valence-electron chi connectivity index (χ3n) is 3.46. The van der Waals surface area contributed by atoms with Gasteiger partial charge in [-0.2, -0.15) is 0 Å². The van der Waals surface area contributed by atoms with E-state index in [1.54, 1.807) is 25.1 Å². The zero-order chi connectivity index (χ0) is 17.7. The number of amides is 1. The summed E-state index contributed by atoms with van der Waals surface area (Å²) in [7, 11) is 0. The second-order valence-electron chi connectivity index (χ2n) is 5.27. The highest BCUT2D eigenvalue weighted by Gasteiger charge is 2.22. The van der Waals surface area contributed by atoms with Crippen LogP contribution in [-0.4, -0.2) is 16.9 Å². The van der Waals surface area contributed by atoms with Gasteiger partial charge in [0.1, 0.15) is 5.82 Å². The fraction of sp³-hybridized carbons (Fsp3) is 0.235. The molecule has 0 spiro atoms. The monoisotopic (exact) mass is 332 g/mol. The number of hydrogen-bond acceptors (Lipinski definition) is 4. The number of nitro groups is 1. The molecule has 0 aliphatic rings. The van der Waals surface area contributed by atoms with Gasteiger partial charge in [0.25, 0.3) is 5.91 Å². The van der Waals surface area contributed by atoms with E-state index in [0.717, 1.165) is 5.56 Å². The molecule has 126 valence electrons. The van der Waals surface area contributed by atoms with Crippen molar-refractivity contribution in [1.82, 2.24) is 5.32 Å². The van der Waals surface area contributed by atoms with Crippen LogP contribution in [0.15, 0.2) is 48.5 Å². The minimum atomic E-state index is -0.922. The average Bonchev–Trinajstić information content (AvgIpc) is 2.55. The number of nitrogens with zero attached hydrogens (tertiary/aromatic N) is 1. The van der Waals surface area contributed by atoms with Gasteiger partial charge in [0.2, 0.25) is 0 Å². The number of carbonyl (C=O) groups excluding carboxylic acids is 1. The Hall–Kier alpha value is -2.96. The van der Waals surface area contributed by atoms with Gasteiger partial charge in [-0.05, 0) is 37.6 Å². The van der Waals surface area contributed by atoms with E-state index in [0.29, 0.717) is 0 Å². The fourth-order valence-electron chi connectivity index (χ4n) is 2.12. The van der Waals surface area contributed by atoms with Crippen LogP contribution in [0.1, 0.15) is 25.5 Å². The van der Waals surface area contributed by atoms with Crippen LogP contribution in [0.5, 0.6) is 5.75 Å². The summed E-state index contributed by atoms with van der Waals surface area (Å²) in [6, 6.07) is 11.3. The molecular formula is C17H17FN2O4. The molecule has 0 radical (unpaired) electrons. The molecule has 2 rings (SSSR count). The molecule has 0 bridgehead atoms. The maximum Gasteiger partial charge on any atom is 0.310 e. The Balaban J connectivity index is 2.02. The molecule has 1 N–H and O–H groups in total. The van der Waals surface area contributed by atoms with Gasteiger partial charge in [-0.1, -0.05) is 24.3 Å². The number of hydrogen-bond donors (Lipinski definition) is 1. The Bertz CT molecular complexity index is 734. The Morgan fingerprint density at radius 2 is 1.79 bits per heavy atom. The standard InChI is InChI=1S/C17H17FN2O4/c1-11(13-7-9-14(18)10-8-13)19-17(21)12(2)24-16-6-4-3-5-15(16)20(22)23/h3-12H,1-2H3,(H,19,21)/t11-,12+/m0/s1. The Morgan fingerprint density at radius 1 is 1.17 bits per heavy atom. The molecule has 0 fully saturated rings. The largest absolute Gasteiger partial charge is 0.474 e. The van der Waals surface area contributed by atoms with Crippen molar-refractivity contribution in [2.24, 2.45) is 0 Å². The zero-order valence-electron chi connectivity index (χ0n) is 13.2. The van der Waals surface area contributed by atoms with Crippen molar-refractivity contribution in [3.05, 3.63) is 70.0 Å². The predicted molar refractivity (Wildman–Crippen MR) is 86.1 cm³/mol. The van der Waals surface area contributed by atoms with Crippen molar-refractivity contribution in [1.29, 1.82) is 0 Å². The molecule has 6 nitrogen and oxygen atoms in total. The lowest BCUT2D eigenvalue weighted by Crippen LogP contribution is -2.37. The van der Waals surface area contributed by atoms with Crippen LogP contribution >= 0.6 is 0 Å². The van der Waals surface area contributed by atoms with Crippen molar-refractivity contribution in [2.45, 2.75) is 26.0 Å². The highest BCUT2D eigenvalue weighted by atomic mass is 19.1. The lowest BCUT2D eigenvalue weighted by Gasteiger charge is -2.19. The highest BCUT2D eigenvalue weighted by molar-refractivity contribution is 5.81. The summed E-state index contributed by atoms with van der Waals surface area (Å²) in [5.41, 5.74) is 0.534. The van der Waals surface area contributed by atoms with Crippen molar-refractivity contribution in [3.63, 3.8) is 0 Å². The van der Waals surface area contributed by atoms with Crippen molar-refractivity contribution < 1.29 is 18.8 Å². The van der Waals surface area contributed by atoms with Crippen molar-refractivity contribution in [2.75, 3.05) is 0 Å². The summed E-state index contributed by atoms with van der Waals surface area (Å²) in [6.07, 6.45) is -0.922. The fourth-order valence-corrected chi connectivity index (χ4v) is 2.12. The highest BCUT2D eigenvalue weighted by Crippen LogP contribution is 2.27. The van der Waals surface area contributed by atoms with Crippen LogP contribution in [0.25, 0.3) is 0 Å². The topological polar surface area (TPSA) is 81.5 Å². The van der Waals surface area contributed by atoms with Crippen LogP contribution < -0.4 is 10.1 Å². The summed E-state index contributed by atoms with van der Waals surface area (Å²) in [6.45, 7) is 3.26. The first kappa shape index (κ1) is 17.4. The van der Waals surface area contributed by atoms with E-state index in [2.05, 4.69) is 5.32 Å². The molecule has 0 aliphatic carbocycles. The predicted octanol–water partition coefficient (Wildman–Crippen LogP) is 3.38. The summed E-state index contributed by atoms with van der Waals surface area (Å²) in [5, 5.41) is 13.7. The minimum absolute atomic E-state index is 0.0274. The van der Waals surface area contributed by atoms with Gasteiger partial charge in [-0.25, -0.2) is 4.39 Å². The normalized spacial score (nSPS) is 13.0. The number of carbonyl (C=O) groups is 1. The molecule has 0 heterocycles. The SMILES string of the molecule is C[C@H](NC(=O)[C@@H](C)Oc1ccccc1[N+](=O)[O-])c1ccc(F)cc1. The summed E-state index contributed by atoms with van der Waals surface area (Å²) in [4.78, 5) is 22.6. The number of para-hydroxylation sites is 2. The summed E-state index contributed by atoms with van der Waals surface area (Å²) < 4.78 is 18.3. The van der Waals surface area contributed by atoms with Gasteiger partial charge in [0.05, 0.1) is 11.0 Å². The molecule has 0 aliphatic heterocycles. The van der Waals surface area contributed by atoms with E-state index in [1.807, 2.05) is 0 Å². The first-order valence-corrected chi connectivity index (χ1v) is 7.34. The third-order valence-corrected chi connectivity index (χ3v) is 3.46. The molecule has 0 saturated carbocycles. The van der Waals surface area contributed by atoms with Crippen molar-refractivity contribution in [3.8, 4) is 5.75 Å². The van der Waals surface area contributed by atoms with Crippen LogP contribution in [0, 0.1) is 15.9 Å². The maximum atomic E-state index is 12.9. The van der Waals surface area contributed by atoms with E-state index in [1.165, 1.54) is 37.3 Å².